The molecular weight excluding hydrogens is 234 g/mol. The molecule has 1 aromatic carbocycles. The highest BCUT2D eigenvalue weighted by molar-refractivity contribution is 5.51. The predicted molar refractivity (Wildman–Crippen MR) is 81.9 cm³/mol. The van der Waals surface area contributed by atoms with Crippen molar-refractivity contribution in [3.63, 3.8) is 0 Å². The van der Waals surface area contributed by atoms with Gasteiger partial charge in [0.15, 0.2) is 0 Å². The number of aromatic hydroxyl groups is 1. The maximum Gasteiger partial charge on any atom is 0.117 e. The molecule has 106 valence electrons. The first-order valence-corrected chi connectivity index (χ1v) is 7.87. The number of hydrogen-bond acceptors (Lipinski definition) is 2. The zero-order valence-electron chi connectivity index (χ0n) is 12.1. The highest BCUT2D eigenvalue weighted by atomic mass is 16.3. The van der Waals surface area contributed by atoms with Crippen molar-refractivity contribution in [3.8, 4) is 5.75 Å². The Morgan fingerprint density at radius 2 is 1.89 bits per heavy atom. The minimum atomic E-state index is 0.382. The van der Waals surface area contributed by atoms with E-state index in [0.29, 0.717) is 11.8 Å². The van der Waals surface area contributed by atoms with Gasteiger partial charge in [0.25, 0.3) is 0 Å². The van der Waals surface area contributed by atoms with Gasteiger partial charge in [0.05, 0.1) is 0 Å². The second kappa shape index (κ2) is 7.42. The van der Waals surface area contributed by atoms with Crippen LogP contribution in [-0.2, 0) is 0 Å². The Morgan fingerprint density at radius 3 is 2.53 bits per heavy atom. The van der Waals surface area contributed by atoms with Crippen molar-refractivity contribution in [2.75, 3.05) is 11.4 Å². The maximum absolute atomic E-state index is 9.71. The van der Waals surface area contributed by atoms with E-state index in [1.165, 1.54) is 57.1 Å². The zero-order chi connectivity index (χ0) is 13.5. The van der Waals surface area contributed by atoms with Gasteiger partial charge in [0, 0.05) is 24.3 Å². The van der Waals surface area contributed by atoms with Crippen molar-refractivity contribution in [1.29, 1.82) is 0 Å². The minimum Gasteiger partial charge on any atom is -0.508 e. The van der Waals surface area contributed by atoms with Crippen LogP contribution in [0.15, 0.2) is 24.3 Å². The lowest BCUT2D eigenvalue weighted by Crippen LogP contribution is -2.35. The van der Waals surface area contributed by atoms with E-state index >= 15 is 0 Å². The van der Waals surface area contributed by atoms with Crippen molar-refractivity contribution in [1.82, 2.24) is 0 Å². The Labute approximate surface area is 117 Å². The van der Waals surface area contributed by atoms with Gasteiger partial charge >= 0.3 is 0 Å². The normalized spacial score (nSPS) is 17.1. The highest BCUT2D eigenvalue weighted by Gasteiger charge is 2.20. The van der Waals surface area contributed by atoms with Gasteiger partial charge in [0.1, 0.15) is 5.75 Å². The average Bonchev–Trinajstić information content (AvgIpc) is 2.68. The molecular formula is C17H27NO. The average molecular weight is 261 g/mol. The third-order valence-electron chi connectivity index (χ3n) is 4.18. The number of anilines is 1. The van der Waals surface area contributed by atoms with E-state index in [0.717, 1.165) is 6.54 Å². The summed E-state index contributed by atoms with van der Waals surface area (Å²) in [6.07, 6.45) is 10.5. The van der Waals surface area contributed by atoms with E-state index < -0.39 is 0 Å². The first-order valence-electron chi connectivity index (χ1n) is 7.87. The molecule has 1 fully saturated rings. The molecule has 0 spiro atoms. The van der Waals surface area contributed by atoms with Crippen molar-refractivity contribution >= 4 is 5.69 Å². The second-order valence-electron chi connectivity index (χ2n) is 5.71. The van der Waals surface area contributed by atoms with E-state index in [4.69, 9.17) is 0 Å². The van der Waals surface area contributed by atoms with Crippen LogP contribution in [0.4, 0.5) is 5.69 Å². The SMILES string of the molecule is CCCCN(c1cccc(O)c1)C1CCCCCC1. The monoisotopic (exact) mass is 261 g/mol. The number of phenols is 1. The van der Waals surface area contributed by atoms with E-state index in [1.54, 1.807) is 6.07 Å². The van der Waals surface area contributed by atoms with Gasteiger partial charge in [-0.25, -0.2) is 0 Å². The number of unbranched alkanes of at least 4 members (excludes halogenated alkanes) is 1. The van der Waals surface area contributed by atoms with Gasteiger partial charge in [-0.2, -0.15) is 0 Å². The Morgan fingerprint density at radius 1 is 1.16 bits per heavy atom. The Balaban J connectivity index is 2.13. The summed E-state index contributed by atoms with van der Waals surface area (Å²) in [5.41, 5.74) is 1.19. The minimum absolute atomic E-state index is 0.382. The van der Waals surface area contributed by atoms with Crippen molar-refractivity contribution in [2.45, 2.75) is 64.3 Å². The van der Waals surface area contributed by atoms with Crippen molar-refractivity contribution < 1.29 is 5.11 Å². The Hall–Kier alpha value is -1.18. The molecule has 0 radical (unpaired) electrons. The molecule has 0 saturated heterocycles. The van der Waals surface area contributed by atoms with Crippen LogP contribution in [0.3, 0.4) is 0 Å². The van der Waals surface area contributed by atoms with Gasteiger partial charge in [-0.1, -0.05) is 45.1 Å². The van der Waals surface area contributed by atoms with Crippen LogP contribution in [0.5, 0.6) is 5.75 Å². The van der Waals surface area contributed by atoms with Crippen LogP contribution in [0.25, 0.3) is 0 Å². The van der Waals surface area contributed by atoms with E-state index in [2.05, 4.69) is 17.9 Å². The molecule has 19 heavy (non-hydrogen) atoms. The predicted octanol–water partition coefficient (Wildman–Crippen LogP) is 4.72. The van der Waals surface area contributed by atoms with Crippen molar-refractivity contribution in [2.24, 2.45) is 0 Å². The molecule has 1 aliphatic rings. The third kappa shape index (κ3) is 4.15. The van der Waals surface area contributed by atoms with Gasteiger partial charge in [-0.15, -0.1) is 0 Å². The molecule has 1 aliphatic carbocycles. The Bertz CT molecular complexity index is 369. The summed E-state index contributed by atoms with van der Waals surface area (Å²) in [7, 11) is 0. The summed E-state index contributed by atoms with van der Waals surface area (Å²) in [6, 6.07) is 8.44. The summed E-state index contributed by atoms with van der Waals surface area (Å²) >= 11 is 0. The molecule has 2 rings (SSSR count). The molecule has 0 aromatic heterocycles. The third-order valence-corrected chi connectivity index (χ3v) is 4.18. The lowest BCUT2D eigenvalue weighted by atomic mass is 10.1. The van der Waals surface area contributed by atoms with Crippen LogP contribution in [0, 0.1) is 0 Å². The molecule has 0 atom stereocenters. The molecule has 1 aromatic rings. The fourth-order valence-corrected chi connectivity index (χ4v) is 3.09. The topological polar surface area (TPSA) is 23.5 Å². The van der Waals surface area contributed by atoms with Gasteiger partial charge in [-0.05, 0) is 31.4 Å². The van der Waals surface area contributed by atoms with Crippen LogP contribution >= 0.6 is 0 Å². The molecule has 0 aliphatic heterocycles. The fourth-order valence-electron chi connectivity index (χ4n) is 3.09. The van der Waals surface area contributed by atoms with E-state index in [-0.39, 0.29) is 0 Å². The number of hydrogen-bond donors (Lipinski definition) is 1. The van der Waals surface area contributed by atoms with Crippen LogP contribution < -0.4 is 4.90 Å². The van der Waals surface area contributed by atoms with E-state index in [9.17, 15) is 5.11 Å². The van der Waals surface area contributed by atoms with Crippen LogP contribution in [0.2, 0.25) is 0 Å². The smallest absolute Gasteiger partial charge is 0.117 e. The van der Waals surface area contributed by atoms with Gasteiger partial charge < -0.3 is 10.0 Å². The van der Waals surface area contributed by atoms with Crippen LogP contribution in [-0.4, -0.2) is 17.7 Å². The van der Waals surface area contributed by atoms with Crippen molar-refractivity contribution in [3.05, 3.63) is 24.3 Å². The lowest BCUT2D eigenvalue weighted by molar-refractivity contribution is 0.473. The Kier molecular flexibility index (Phi) is 5.56. The van der Waals surface area contributed by atoms with Gasteiger partial charge in [0.2, 0.25) is 0 Å². The molecule has 1 N–H and O–H groups in total. The maximum atomic E-state index is 9.71. The summed E-state index contributed by atoms with van der Waals surface area (Å²) in [5, 5.41) is 9.71. The molecule has 0 heterocycles. The molecule has 2 heteroatoms. The molecule has 1 saturated carbocycles. The summed E-state index contributed by atoms with van der Waals surface area (Å²) in [5.74, 6) is 0.382. The number of nitrogens with zero attached hydrogens (tertiary/aromatic N) is 1. The molecule has 0 bridgehead atoms. The number of phenolic OH excluding ortho intramolecular Hbond substituents is 1. The highest BCUT2D eigenvalue weighted by Crippen LogP contribution is 2.28. The molecule has 0 unspecified atom stereocenters. The largest absolute Gasteiger partial charge is 0.508 e. The first kappa shape index (κ1) is 14.2. The summed E-state index contributed by atoms with van der Waals surface area (Å²) < 4.78 is 0. The quantitative estimate of drug-likeness (QED) is 0.775. The summed E-state index contributed by atoms with van der Waals surface area (Å²) in [4.78, 5) is 2.54. The standard InChI is InChI=1S/C17H27NO/c1-2-3-13-18(15-9-6-4-5-7-10-15)16-11-8-12-17(19)14-16/h8,11-12,14-15,19H,2-7,9-10,13H2,1H3. The van der Waals surface area contributed by atoms with Crippen LogP contribution in [0.1, 0.15) is 58.3 Å². The molecule has 0 amide bonds. The number of rotatable bonds is 5. The summed E-state index contributed by atoms with van der Waals surface area (Å²) in [6.45, 7) is 3.36. The molecule has 2 nitrogen and oxygen atoms in total. The second-order valence-corrected chi connectivity index (χ2v) is 5.71. The lowest BCUT2D eigenvalue weighted by Gasteiger charge is -2.33. The van der Waals surface area contributed by atoms with Gasteiger partial charge in [-0.3, -0.25) is 0 Å². The first-order chi connectivity index (χ1) is 9.31. The van der Waals surface area contributed by atoms with E-state index in [1.807, 2.05) is 12.1 Å². The fraction of sp³-hybridized carbons (Fsp3) is 0.647. The zero-order valence-corrected chi connectivity index (χ0v) is 12.1. The number of benzene rings is 1.